The smallest absolute Gasteiger partial charge is 0.196 e. The van der Waals surface area contributed by atoms with Crippen molar-refractivity contribution in [2.45, 2.75) is 20.3 Å². The van der Waals surface area contributed by atoms with Gasteiger partial charge in [0.2, 0.25) is 0 Å². The minimum absolute atomic E-state index is 0.590. The number of rotatable bonds is 3. The molecule has 0 aromatic carbocycles. The van der Waals surface area contributed by atoms with Gasteiger partial charge in [0.1, 0.15) is 0 Å². The van der Waals surface area contributed by atoms with Crippen LogP contribution < -0.4 is 5.73 Å². The molecule has 4 heteroatoms. The van der Waals surface area contributed by atoms with Gasteiger partial charge in [0, 0.05) is 17.8 Å². The van der Waals surface area contributed by atoms with Gasteiger partial charge in [-0.25, -0.2) is 9.97 Å². The minimum atomic E-state index is 0.590. The number of hydrogen-bond donors (Lipinski definition) is 1. The summed E-state index contributed by atoms with van der Waals surface area (Å²) in [5, 5.41) is 0. The standard InChI is InChI=1S/C12H15N3O/c1-8-4-6-16-11(8)12-14-9(2)7-10(15-12)3-5-13/h4,6-7H,3,5,13H2,1-2H3. The number of aromatic nitrogens is 2. The predicted octanol–water partition coefficient (Wildman–Crippen LogP) is 1.85. The lowest BCUT2D eigenvalue weighted by Crippen LogP contribution is -2.06. The summed E-state index contributed by atoms with van der Waals surface area (Å²) < 4.78 is 5.38. The van der Waals surface area contributed by atoms with Crippen LogP contribution in [0.1, 0.15) is 17.0 Å². The molecule has 2 heterocycles. The summed E-state index contributed by atoms with van der Waals surface area (Å²) >= 11 is 0. The van der Waals surface area contributed by atoms with Gasteiger partial charge in [-0.15, -0.1) is 0 Å². The molecular weight excluding hydrogens is 202 g/mol. The van der Waals surface area contributed by atoms with Gasteiger partial charge in [-0.05, 0) is 38.1 Å². The lowest BCUT2D eigenvalue weighted by Gasteiger charge is -2.03. The average molecular weight is 217 g/mol. The van der Waals surface area contributed by atoms with Crippen LogP contribution in [0.15, 0.2) is 22.8 Å². The molecule has 0 saturated heterocycles. The highest BCUT2D eigenvalue weighted by atomic mass is 16.3. The van der Waals surface area contributed by atoms with E-state index in [2.05, 4.69) is 9.97 Å². The molecule has 84 valence electrons. The van der Waals surface area contributed by atoms with E-state index in [1.807, 2.05) is 26.0 Å². The molecular formula is C12H15N3O. The average Bonchev–Trinajstić information content (AvgIpc) is 2.64. The predicted molar refractivity (Wildman–Crippen MR) is 62.0 cm³/mol. The first-order chi connectivity index (χ1) is 7.70. The Morgan fingerprint density at radius 1 is 1.31 bits per heavy atom. The van der Waals surface area contributed by atoms with Gasteiger partial charge in [-0.3, -0.25) is 0 Å². The second-order valence-corrected chi connectivity index (χ2v) is 3.80. The molecule has 2 aromatic rings. The van der Waals surface area contributed by atoms with Crippen molar-refractivity contribution in [3.8, 4) is 11.6 Å². The van der Waals surface area contributed by atoms with E-state index in [0.29, 0.717) is 12.4 Å². The Balaban J connectivity index is 2.45. The summed E-state index contributed by atoms with van der Waals surface area (Å²) in [6.07, 6.45) is 2.41. The number of nitrogens with two attached hydrogens (primary N) is 1. The van der Waals surface area contributed by atoms with Crippen molar-refractivity contribution >= 4 is 0 Å². The Labute approximate surface area is 94.5 Å². The van der Waals surface area contributed by atoms with Crippen LogP contribution in [0.5, 0.6) is 0 Å². The Kier molecular flexibility index (Phi) is 3.01. The van der Waals surface area contributed by atoms with Crippen LogP contribution in [0.4, 0.5) is 0 Å². The number of hydrogen-bond acceptors (Lipinski definition) is 4. The van der Waals surface area contributed by atoms with Crippen molar-refractivity contribution in [1.29, 1.82) is 0 Å². The molecule has 2 N–H and O–H groups in total. The molecule has 0 radical (unpaired) electrons. The van der Waals surface area contributed by atoms with Gasteiger partial charge >= 0.3 is 0 Å². The molecule has 0 amide bonds. The van der Waals surface area contributed by atoms with Gasteiger partial charge in [0.25, 0.3) is 0 Å². The monoisotopic (exact) mass is 217 g/mol. The van der Waals surface area contributed by atoms with Gasteiger partial charge in [-0.2, -0.15) is 0 Å². The zero-order valence-electron chi connectivity index (χ0n) is 9.53. The van der Waals surface area contributed by atoms with Crippen molar-refractivity contribution in [2.75, 3.05) is 6.54 Å². The largest absolute Gasteiger partial charge is 0.461 e. The summed E-state index contributed by atoms with van der Waals surface area (Å²) in [4.78, 5) is 8.82. The molecule has 0 aliphatic heterocycles. The first-order valence-electron chi connectivity index (χ1n) is 5.30. The first kappa shape index (κ1) is 10.8. The van der Waals surface area contributed by atoms with E-state index in [4.69, 9.17) is 10.2 Å². The van der Waals surface area contributed by atoms with Crippen molar-refractivity contribution in [1.82, 2.24) is 9.97 Å². The summed E-state index contributed by atoms with van der Waals surface area (Å²) in [5.74, 6) is 1.38. The van der Waals surface area contributed by atoms with E-state index in [9.17, 15) is 0 Å². The maximum absolute atomic E-state index is 5.53. The Bertz CT molecular complexity index is 491. The number of furan rings is 1. The highest BCUT2D eigenvalue weighted by molar-refractivity contribution is 5.52. The second kappa shape index (κ2) is 4.45. The van der Waals surface area contributed by atoms with Crippen LogP contribution in [0.2, 0.25) is 0 Å². The summed E-state index contributed by atoms with van der Waals surface area (Å²) in [6.45, 7) is 4.52. The van der Waals surface area contributed by atoms with Crippen LogP contribution in [-0.2, 0) is 6.42 Å². The molecule has 0 unspecified atom stereocenters. The van der Waals surface area contributed by atoms with Gasteiger partial charge in [0.15, 0.2) is 11.6 Å². The Morgan fingerprint density at radius 2 is 2.12 bits per heavy atom. The lowest BCUT2D eigenvalue weighted by molar-refractivity contribution is 0.574. The van der Waals surface area contributed by atoms with Gasteiger partial charge < -0.3 is 10.2 Å². The van der Waals surface area contributed by atoms with E-state index in [-0.39, 0.29) is 0 Å². The van der Waals surface area contributed by atoms with Crippen LogP contribution in [-0.4, -0.2) is 16.5 Å². The molecule has 0 saturated carbocycles. The molecule has 0 aliphatic rings. The van der Waals surface area contributed by atoms with E-state index >= 15 is 0 Å². The van der Waals surface area contributed by atoms with E-state index in [1.54, 1.807) is 6.26 Å². The van der Waals surface area contributed by atoms with E-state index < -0.39 is 0 Å². The maximum Gasteiger partial charge on any atom is 0.196 e. The molecule has 0 atom stereocenters. The zero-order valence-corrected chi connectivity index (χ0v) is 9.53. The van der Waals surface area contributed by atoms with E-state index in [0.717, 1.165) is 29.1 Å². The molecule has 2 rings (SSSR count). The summed E-state index contributed by atoms with van der Waals surface area (Å²) in [5.41, 5.74) is 8.46. The third kappa shape index (κ3) is 2.12. The highest BCUT2D eigenvalue weighted by Crippen LogP contribution is 2.21. The zero-order chi connectivity index (χ0) is 11.5. The maximum atomic E-state index is 5.53. The molecule has 4 nitrogen and oxygen atoms in total. The topological polar surface area (TPSA) is 64.9 Å². The normalized spacial score (nSPS) is 10.7. The summed E-state index contributed by atoms with van der Waals surface area (Å²) in [7, 11) is 0. The fraction of sp³-hybridized carbons (Fsp3) is 0.333. The number of nitrogens with zero attached hydrogens (tertiary/aromatic N) is 2. The van der Waals surface area contributed by atoms with Crippen molar-refractivity contribution < 1.29 is 4.42 Å². The molecule has 2 aromatic heterocycles. The van der Waals surface area contributed by atoms with Gasteiger partial charge in [0.05, 0.1) is 6.26 Å². The minimum Gasteiger partial charge on any atom is -0.461 e. The van der Waals surface area contributed by atoms with Crippen molar-refractivity contribution in [2.24, 2.45) is 5.73 Å². The summed E-state index contributed by atoms with van der Waals surface area (Å²) in [6, 6.07) is 3.86. The third-order valence-corrected chi connectivity index (χ3v) is 2.37. The van der Waals surface area contributed by atoms with Crippen LogP contribution in [0, 0.1) is 13.8 Å². The van der Waals surface area contributed by atoms with Crippen molar-refractivity contribution in [3.63, 3.8) is 0 Å². The van der Waals surface area contributed by atoms with Crippen LogP contribution >= 0.6 is 0 Å². The van der Waals surface area contributed by atoms with Crippen LogP contribution in [0.3, 0.4) is 0 Å². The molecule has 16 heavy (non-hydrogen) atoms. The van der Waals surface area contributed by atoms with Crippen LogP contribution in [0.25, 0.3) is 11.6 Å². The van der Waals surface area contributed by atoms with E-state index in [1.165, 1.54) is 0 Å². The Morgan fingerprint density at radius 3 is 2.75 bits per heavy atom. The quantitative estimate of drug-likeness (QED) is 0.852. The molecule has 0 aliphatic carbocycles. The second-order valence-electron chi connectivity index (χ2n) is 3.80. The first-order valence-corrected chi connectivity index (χ1v) is 5.30. The SMILES string of the molecule is Cc1cc(CCN)nc(-c2occc2C)n1. The molecule has 0 fully saturated rings. The number of aryl methyl sites for hydroxylation is 2. The lowest BCUT2D eigenvalue weighted by atomic mass is 10.2. The third-order valence-electron chi connectivity index (χ3n) is 2.37. The highest BCUT2D eigenvalue weighted by Gasteiger charge is 2.10. The fourth-order valence-electron chi connectivity index (χ4n) is 1.61. The van der Waals surface area contributed by atoms with Crippen molar-refractivity contribution in [3.05, 3.63) is 35.3 Å². The van der Waals surface area contributed by atoms with Gasteiger partial charge in [-0.1, -0.05) is 0 Å². The Hall–Kier alpha value is -1.68. The fourth-order valence-corrected chi connectivity index (χ4v) is 1.61. The molecule has 0 bridgehead atoms. The molecule has 0 spiro atoms.